The van der Waals surface area contributed by atoms with Crippen LogP contribution in [0.3, 0.4) is 0 Å². The van der Waals surface area contributed by atoms with Gasteiger partial charge in [0.2, 0.25) is 29.5 Å². The quantitative estimate of drug-likeness (QED) is 0.0211. The van der Waals surface area contributed by atoms with Crippen LogP contribution in [-0.4, -0.2) is 223 Å². The molecule has 10 aromatic rings. The normalized spacial score (nSPS) is 20.7. The molecule has 0 saturated carbocycles. The van der Waals surface area contributed by atoms with Crippen molar-refractivity contribution in [3.8, 4) is 11.3 Å². The largest absolute Gasteiger partial charge is 0.355 e. The van der Waals surface area contributed by atoms with Crippen LogP contribution in [0.1, 0.15) is 176 Å². The maximum absolute atomic E-state index is 14.2. The molecule has 6 saturated heterocycles. The molecule has 0 spiro atoms. The third-order valence-electron chi connectivity index (χ3n) is 27.0. The number of aromatic nitrogens is 1. The Labute approximate surface area is 804 Å². The molecule has 1 aromatic heterocycles. The number of halogens is 3. The summed E-state index contributed by atoms with van der Waals surface area (Å²) in [6.07, 6.45) is 21.1. The molecule has 16 rings (SSSR count). The maximum Gasteiger partial charge on any atom is 0.273 e. The van der Waals surface area contributed by atoms with Gasteiger partial charge in [0, 0.05) is 165 Å². The van der Waals surface area contributed by atoms with E-state index in [1.54, 1.807) is 48.6 Å². The van der Waals surface area contributed by atoms with Crippen LogP contribution in [0.2, 0.25) is 10.0 Å². The first-order valence-corrected chi connectivity index (χ1v) is 49.6. The molecule has 7 heterocycles. The van der Waals surface area contributed by atoms with E-state index in [9.17, 15) is 28.8 Å². The van der Waals surface area contributed by atoms with Gasteiger partial charge < -0.3 is 60.9 Å². The van der Waals surface area contributed by atoms with E-state index in [0.717, 1.165) is 106 Å². The van der Waals surface area contributed by atoms with E-state index in [-0.39, 0.29) is 95.1 Å². The zero-order chi connectivity index (χ0) is 92.5. The zero-order valence-electron chi connectivity index (χ0n) is 76.8. The van der Waals surface area contributed by atoms with Crippen molar-refractivity contribution in [1.82, 2.24) is 66.5 Å². The molecule has 20 nitrogen and oxygen atoms in total. The molecule has 6 amide bonds. The molecule has 2 unspecified atom stereocenters. The molecule has 0 aliphatic carbocycles. The SMILES string of the molecule is CC1CCC(C)N1CC[C@@H]1N[C@H](CNC(=O)/C=C/c2ccc(Cl)cc2)CCN(CC(c2ccccc2)c2ccccc2)C1=O.O=C(/C=C/c1ccc(Br)cc1)NC[C@@H]1CCN(CC(c2ccccc2)c2ccccc2)C(=O)[C@H](CCN2CCCCC2)N1.O=C(NC[C@@H]1CCN(CC(c2ccccc2)c2ccccc2)C(=O)[C@H](CCN2CCCCC2)N1)c1cc(-c2ccc(Cl)cc2)on1. The summed E-state index contributed by atoms with van der Waals surface area (Å²) in [4.78, 5) is 94.7. The Kier molecular flexibility index (Phi) is 37.8. The first kappa shape index (κ1) is 98.3. The van der Waals surface area contributed by atoms with Crippen LogP contribution in [0.15, 0.2) is 282 Å². The number of carbonyl (C=O) groups is 6. The molecule has 0 radical (unpaired) electrons. The van der Waals surface area contributed by atoms with Gasteiger partial charge in [-0.3, -0.25) is 33.7 Å². The van der Waals surface area contributed by atoms with Crippen molar-refractivity contribution in [3.63, 3.8) is 0 Å². The average Bonchev–Trinajstić information content (AvgIpc) is 1.82. The molecule has 9 aromatic carbocycles. The first-order chi connectivity index (χ1) is 64.9. The summed E-state index contributed by atoms with van der Waals surface area (Å²) in [5.74, 6) is 0.587. The van der Waals surface area contributed by atoms with Crippen LogP contribution in [0, 0.1) is 0 Å². The van der Waals surface area contributed by atoms with Gasteiger partial charge >= 0.3 is 0 Å². The first-order valence-electron chi connectivity index (χ1n) is 48.0. The van der Waals surface area contributed by atoms with Crippen molar-refractivity contribution in [2.24, 2.45) is 0 Å². The zero-order valence-corrected chi connectivity index (χ0v) is 79.9. The Morgan fingerprint density at radius 1 is 0.414 bits per heavy atom. The highest BCUT2D eigenvalue weighted by Gasteiger charge is 2.39. The smallest absolute Gasteiger partial charge is 0.273 e. The monoisotopic (exact) mass is 1890 g/mol. The lowest BCUT2D eigenvalue weighted by molar-refractivity contribution is -0.133. The molecule has 698 valence electrons. The van der Waals surface area contributed by atoms with E-state index >= 15 is 0 Å². The number of rotatable bonds is 33. The van der Waals surface area contributed by atoms with Crippen molar-refractivity contribution >= 4 is 86.7 Å². The Hall–Kier alpha value is -10.7. The van der Waals surface area contributed by atoms with Crippen molar-refractivity contribution in [2.75, 3.05) is 105 Å². The van der Waals surface area contributed by atoms with Crippen LogP contribution in [0.25, 0.3) is 23.5 Å². The lowest BCUT2D eigenvalue weighted by atomic mass is 9.90. The summed E-state index contributed by atoms with van der Waals surface area (Å²) in [5, 5.41) is 25.4. The van der Waals surface area contributed by atoms with Gasteiger partial charge in [0.05, 0.1) is 18.1 Å². The fourth-order valence-electron chi connectivity index (χ4n) is 19.3. The molecular formula is C110H130BrCl2N13O7. The Morgan fingerprint density at radius 3 is 1.09 bits per heavy atom. The Bertz CT molecular complexity index is 5180. The third-order valence-corrected chi connectivity index (χ3v) is 28.0. The number of hydrogen-bond donors (Lipinski definition) is 6. The third kappa shape index (κ3) is 29.9. The number of piperidine rings is 2. The lowest BCUT2D eigenvalue weighted by Gasteiger charge is -2.31. The summed E-state index contributed by atoms with van der Waals surface area (Å²) in [6.45, 7) is 16.7. The number of nitrogens with zero attached hydrogens (tertiary/aromatic N) is 7. The minimum absolute atomic E-state index is 0.0113. The second-order valence-electron chi connectivity index (χ2n) is 36.3. The summed E-state index contributed by atoms with van der Waals surface area (Å²) in [7, 11) is 0. The van der Waals surface area contributed by atoms with Gasteiger partial charge in [-0.2, -0.15) is 0 Å². The fourth-order valence-corrected chi connectivity index (χ4v) is 19.8. The second kappa shape index (κ2) is 51.1. The van der Waals surface area contributed by atoms with E-state index in [1.165, 1.54) is 84.7 Å². The fraction of sp³-hybridized carbons (Fsp3) is 0.391. The van der Waals surface area contributed by atoms with E-state index in [0.29, 0.717) is 86.8 Å². The predicted octanol–water partition coefficient (Wildman–Crippen LogP) is 18.0. The van der Waals surface area contributed by atoms with Crippen LogP contribution in [-0.2, 0) is 24.0 Å². The van der Waals surface area contributed by atoms with E-state index in [4.69, 9.17) is 27.7 Å². The minimum atomic E-state index is -0.331. The Morgan fingerprint density at radius 2 is 0.737 bits per heavy atom. The number of carbonyl (C=O) groups excluding carboxylic acids is 6. The molecule has 8 atom stereocenters. The van der Waals surface area contributed by atoms with Crippen molar-refractivity contribution < 1.29 is 33.3 Å². The number of nitrogens with one attached hydrogen (secondary N) is 6. The minimum Gasteiger partial charge on any atom is -0.355 e. The van der Waals surface area contributed by atoms with Gasteiger partial charge in [0.15, 0.2) is 11.5 Å². The Balaban J connectivity index is 0.000000160. The van der Waals surface area contributed by atoms with Crippen molar-refractivity contribution in [3.05, 3.63) is 338 Å². The molecule has 6 fully saturated rings. The van der Waals surface area contributed by atoms with E-state index < -0.39 is 0 Å². The van der Waals surface area contributed by atoms with Crippen LogP contribution in [0.5, 0.6) is 0 Å². The van der Waals surface area contributed by atoms with Gasteiger partial charge in [0.1, 0.15) is 0 Å². The van der Waals surface area contributed by atoms with Gasteiger partial charge in [-0.25, -0.2) is 0 Å². The molecule has 0 bridgehead atoms. The van der Waals surface area contributed by atoms with Crippen molar-refractivity contribution in [2.45, 2.75) is 170 Å². The van der Waals surface area contributed by atoms with Gasteiger partial charge in [-0.15, -0.1) is 0 Å². The predicted molar refractivity (Wildman–Crippen MR) is 538 cm³/mol. The molecular weight excluding hydrogens is 1770 g/mol. The van der Waals surface area contributed by atoms with Gasteiger partial charge in [-0.05, 0) is 222 Å². The maximum atomic E-state index is 14.2. The van der Waals surface area contributed by atoms with Crippen LogP contribution < -0.4 is 31.9 Å². The highest BCUT2D eigenvalue weighted by molar-refractivity contribution is 9.10. The van der Waals surface area contributed by atoms with E-state index in [1.807, 2.05) is 95.9 Å². The van der Waals surface area contributed by atoms with Gasteiger partial charge in [-0.1, -0.05) is 263 Å². The number of likely N-dealkylation sites (tertiary alicyclic amines) is 3. The average molecular weight is 1900 g/mol. The summed E-state index contributed by atoms with van der Waals surface area (Å²) < 4.78 is 6.45. The molecule has 133 heavy (non-hydrogen) atoms. The van der Waals surface area contributed by atoms with Crippen molar-refractivity contribution in [1.29, 1.82) is 0 Å². The number of hydrogen-bond acceptors (Lipinski definition) is 14. The molecule has 6 aliphatic heterocycles. The van der Waals surface area contributed by atoms with E-state index in [2.05, 4.69) is 237 Å². The summed E-state index contributed by atoms with van der Waals surface area (Å²) in [5.41, 5.74) is 10.1. The van der Waals surface area contributed by atoms with Crippen LogP contribution in [0.4, 0.5) is 0 Å². The van der Waals surface area contributed by atoms with Crippen LogP contribution >= 0.6 is 39.1 Å². The molecule has 23 heteroatoms. The molecule has 6 N–H and O–H groups in total. The topological polar surface area (TPSA) is 220 Å². The second-order valence-corrected chi connectivity index (χ2v) is 38.1. The standard InChI is InChI=1S/C37H42ClN5O3.C37H45ClN4O2.C36H43BrN4O2/c38-30-16-14-29(15-17-30)35-24-34(41-46-35)36(44)39-25-31-18-23-43(37(45)33(40-31)19-22-42-20-8-3-9-21-42)26-32(27-10-4-1-5-11-27)28-12-6-2-7-13-28;1-27-13-14-28(2)42(27)24-22-35-37(44)41(26-34(30-9-5-3-6-10-30)31-11-7-4-8-12-31)23-21-33(40-35)25-39-36(43)20-17-29-15-18-32(38)19-16-29;37-31-17-14-28(15-18-31)16-19-35(42)38-26-32-20-25-41(36(43)34(39-32)21-24-40-22-8-3-9-23-40)27-33(29-10-4-1-5-11-29)30-12-6-2-7-13-30/h1-2,4-7,10-17,24,31-33,40H,3,8-9,18-23,25-26H2,(H,39,44);3-12,15-20,27-28,33-35,40H,13-14,21-26H2,1-2H3,(H,39,43);1-2,4-7,10-19,32-34,39H,3,8-9,20-27H2,(H,38,42)/b;20-17+;19-16+/t31-,33-;27?,28?,33-,35-;32-,34-/m000/s1. The highest BCUT2D eigenvalue weighted by Crippen LogP contribution is 2.33. The lowest BCUT2D eigenvalue weighted by Crippen LogP contribution is -2.50. The number of benzene rings is 9. The number of amides is 6. The highest BCUT2D eigenvalue weighted by atomic mass is 79.9. The van der Waals surface area contributed by atoms with Gasteiger partial charge in [0.25, 0.3) is 5.91 Å². The summed E-state index contributed by atoms with van der Waals surface area (Å²) >= 11 is 15.4. The summed E-state index contributed by atoms with van der Waals surface area (Å²) in [6, 6.07) is 87.0. The molecule has 6 aliphatic rings.